The Morgan fingerprint density at radius 2 is 1.91 bits per heavy atom. The van der Waals surface area contributed by atoms with Crippen LogP contribution in [0.3, 0.4) is 0 Å². The maximum atomic E-state index is 13.1. The maximum absolute atomic E-state index is 13.1. The van der Waals surface area contributed by atoms with Gasteiger partial charge >= 0.3 is 0 Å². The molecule has 1 aliphatic rings. The van der Waals surface area contributed by atoms with Crippen LogP contribution in [0.15, 0.2) is 59.2 Å². The third-order valence-corrected chi connectivity index (χ3v) is 4.64. The van der Waals surface area contributed by atoms with Crippen LogP contribution in [0.5, 0.6) is 0 Å². The second-order valence-electron chi connectivity index (χ2n) is 5.09. The lowest BCUT2D eigenvalue weighted by Gasteiger charge is -2.18. The van der Waals surface area contributed by atoms with Crippen LogP contribution in [0.1, 0.15) is 6.92 Å². The molecule has 0 spiro atoms. The first-order valence-electron chi connectivity index (χ1n) is 7.28. The lowest BCUT2D eigenvalue weighted by Crippen LogP contribution is -2.18. The van der Waals surface area contributed by atoms with Crippen molar-refractivity contribution in [1.82, 2.24) is 0 Å². The van der Waals surface area contributed by atoms with Crippen LogP contribution >= 0.6 is 11.8 Å². The van der Waals surface area contributed by atoms with E-state index in [1.165, 1.54) is 23.9 Å². The van der Waals surface area contributed by atoms with Gasteiger partial charge in [0.2, 0.25) is 0 Å². The Hall–Kier alpha value is -2.27. The van der Waals surface area contributed by atoms with Crippen molar-refractivity contribution in [3.63, 3.8) is 0 Å². The van der Waals surface area contributed by atoms with Gasteiger partial charge in [0.1, 0.15) is 16.5 Å². The van der Waals surface area contributed by atoms with Crippen molar-refractivity contribution in [2.45, 2.75) is 6.92 Å². The zero-order valence-corrected chi connectivity index (χ0v) is 13.5. The minimum Gasteiger partial charge on any atom is -0.496 e. The number of hydrogen-bond acceptors (Lipinski definition) is 3. The predicted octanol–water partition coefficient (Wildman–Crippen LogP) is 4.43. The summed E-state index contributed by atoms with van der Waals surface area (Å²) in [6.45, 7) is 2.42. The van der Waals surface area contributed by atoms with Crippen LogP contribution in [0.4, 0.5) is 10.1 Å². The quantitative estimate of drug-likeness (QED) is 0.905. The Labute approximate surface area is 138 Å². The van der Waals surface area contributed by atoms with E-state index in [4.69, 9.17) is 4.74 Å². The molecule has 3 rings (SSSR count). The number of benzene rings is 2. The molecule has 23 heavy (non-hydrogen) atoms. The van der Waals surface area contributed by atoms with Gasteiger partial charge in [-0.2, -0.15) is 0 Å². The summed E-state index contributed by atoms with van der Waals surface area (Å²) in [5, 5.41) is 2.93. The predicted molar refractivity (Wildman–Crippen MR) is 91.6 cm³/mol. The molecule has 0 fully saturated rings. The minimum atomic E-state index is -0.285. The van der Waals surface area contributed by atoms with Gasteiger partial charge in [-0.25, -0.2) is 4.39 Å². The number of para-hydroxylation sites is 1. The molecule has 1 aliphatic heterocycles. The van der Waals surface area contributed by atoms with E-state index in [0.29, 0.717) is 23.0 Å². The highest BCUT2D eigenvalue weighted by Gasteiger charge is 2.19. The number of thioether (sulfide) groups is 1. The second-order valence-corrected chi connectivity index (χ2v) is 6.19. The van der Waals surface area contributed by atoms with E-state index in [2.05, 4.69) is 5.32 Å². The van der Waals surface area contributed by atoms with Crippen molar-refractivity contribution < 1.29 is 13.9 Å². The highest BCUT2D eigenvalue weighted by atomic mass is 32.2. The number of amides is 1. The smallest absolute Gasteiger partial charge is 0.265 e. The molecule has 0 radical (unpaired) electrons. The number of hydrogen-bond donors (Lipinski definition) is 1. The molecule has 3 nitrogen and oxygen atoms in total. The number of allylic oxidation sites excluding steroid dienone is 1. The standard InChI is InChI=1S/C18H16FNO2S/c1-12-17(23-11-10-22-12)18(21)20-16-5-3-2-4-15(16)13-6-8-14(19)9-7-13/h2-9H,10-11H2,1H3,(H,20,21). The van der Waals surface area contributed by atoms with Gasteiger partial charge in [0.25, 0.3) is 5.91 Å². The molecule has 0 aromatic heterocycles. The van der Waals surface area contributed by atoms with Crippen molar-refractivity contribution in [2.75, 3.05) is 17.7 Å². The molecular formula is C18H16FNO2S. The topological polar surface area (TPSA) is 38.3 Å². The van der Waals surface area contributed by atoms with Crippen molar-refractivity contribution in [3.05, 3.63) is 65.0 Å². The number of carbonyl (C=O) groups is 1. The van der Waals surface area contributed by atoms with Crippen LogP contribution in [-0.2, 0) is 9.53 Å². The van der Waals surface area contributed by atoms with Crippen molar-refractivity contribution in [1.29, 1.82) is 0 Å². The van der Waals surface area contributed by atoms with Crippen LogP contribution in [0.25, 0.3) is 11.1 Å². The Kier molecular flexibility index (Phi) is 4.67. The van der Waals surface area contributed by atoms with E-state index in [-0.39, 0.29) is 11.7 Å². The monoisotopic (exact) mass is 329 g/mol. The molecule has 0 unspecified atom stereocenters. The zero-order chi connectivity index (χ0) is 16.2. The summed E-state index contributed by atoms with van der Waals surface area (Å²) in [5.74, 6) is 0.950. The third-order valence-electron chi connectivity index (χ3n) is 3.50. The highest BCUT2D eigenvalue weighted by molar-refractivity contribution is 8.04. The number of ether oxygens (including phenoxy) is 1. The summed E-state index contributed by atoms with van der Waals surface area (Å²) < 4.78 is 18.5. The molecule has 0 bridgehead atoms. The fraction of sp³-hybridized carbons (Fsp3) is 0.167. The van der Waals surface area contributed by atoms with Gasteiger partial charge in [0.15, 0.2) is 0 Å². The zero-order valence-electron chi connectivity index (χ0n) is 12.6. The number of anilines is 1. The number of rotatable bonds is 3. The molecule has 0 saturated carbocycles. The van der Waals surface area contributed by atoms with E-state index in [1.54, 1.807) is 19.1 Å². The van der Waals surface area contributed by atoms with Crippen LogP contribution in [0.2, 0.25) is 0 Å². The van der Waals surface area contributed by atoms with Gasteiger partial charge in [0, 0.05) is 17.0 Å². The van der Waals surface area contributed by atoms with Gasteiger partial charge in [-0.1, -0.05) is 30.3 Å². The molecule has 1 N–H and O–H groups in total. The highest BCUT2D eigenvalue weighted by Crippen LogP contribution is 2.31. The second kappa shape index (κ2) is 6.87. The van der Waals surface area contributed by atoms with Gasteiger partial charge in [0.05, 0.1) is 6.61 Å². The van der Waals surface area contributed by atoms with Crippen LogP contribution < -0.4 is 5.32 Å². The molecule has 0 atom stereocenters. The Morgan fingerprint density at radius 3 is 2.65 bits per heavy atom. The molecule has 2 aromatic carbocycles. The first-order chi connectivity index (χ1) is 11.1. The van der Waals surface area contributed by atoms with Crippen molar-refractivity contribution in [2.24, 2.45) is 0 Å². The van der Waals surface area contributed by atoms with E-state index in [0.717, 1.165) is 16.9 Å². The summed E-state index contributed by atoms with van der Waals surface area (Å²) in [7, 11) is 0. The molecule has 1 amide bonds. The van der Waals surface area contributed by atoms with Gasteiger partial charge in [-0.15, -0.1) is 11.8 Å². The summed E-state index contributed by atoms with van der Waals surface area (Å²) in [6.07, 6.45) is 0. The molecule has 5 heteroatoms. The van der Waals surface area contributed by atoms with Gasteiger partial charge in [-0.3, -0.25) is 4.79 Å². The van der Waals surface area contributed by atoms with Gasteiger partial charge < -0.3 is 10.1 Å². The molecule has 0 saturated heterocycles. The lowest BCUT2D eigenvalue weighted by molar-refractivity contribution is -0.112. The van der Waals surface area contributed by atoms with Crippen molar-refractivity contribution >= 4 is 23.4 Å². The van der Waals surface area contributed by atoms with Crippen LogP contribution in [0, 0.1) is 5.82 Å². The third kappa shape index (κ3) is 3.56. The van der Waals surface area contributed by atoms with Crippen molar-refractivity contribution in [3.8, 4) is 11.1 Å². The normalized spacial score (nSPS) is 14.3. The average molecular weight is 329 g/mol. The average Bonchev–Trinajstić information content (AvgIpc) is 2.56. The molecule has 1 heterocycles. The summed E-state index contributed by atoms with van der Waals surface area (Å²) in [5.41, 5.74) is 2.39. The summed E-state index contributed by atoms with van der Waals surface area (Å²) in [6, 6.07) is 13.7. The minimum absolute atomic E-state index is 0.179. The fourth-order valence-electron chi connectivity index (χ4n) is 2.38. The van der Waals surface area contributed by atoms with E-state index in [1.807, 2.05) is 24.3 Å². The summed E-state index contributed by atoms with van der Waals surface area (Å²) >= 11 is 1.50. The Bertz CT molecular complexity index is 756. The van der Waals surface area contributed by atoms with Gasteiger partial charge in [-0.05, 0) is 30.7 Å². The summed E-state index contributed by atoms with van der Waals surface area (Å²) in [4.78, 5) is 13.1. The molecule has 118 valence electrons. The Morgan fingerprint density at radius 1 is 1.17 bits per heavy atom. The van der Waals surface area contributed by atoms with E-state index < -0.39 is 0 Å². The number of nitrogens with one attached hydrogen (secondary N) is 1. The molecular weight excluding hydrogens is 313 g/mol. The maximum Gasteiger partial charge on any atom is 0.265 e. The number of carbonyl (C=O) groups excluding carboxylic acids is 1. The fourth-order valence-corrected chi connectivity index (χ4v) is 3.20. The van der Waals surface area contributed by atoms with E-state index in [9.17, 15) is 9.18 Å². The number of halogens is 1. The molecule has 2 aromatic rings. The first-order valence-corrected chi connectivity index (χ1v) is 8.26. The molecule has 0 aliphatic carbocycles. The Balaban J connectivity index is 1.89. The van der Waals surface area contributed by atoms with E-state index >= 15 is 0 Å². The SMILES string of the molecule is CC1=C(C(=O)Nc2ccccc2-c2ccc(F)cc2)SCCO1. The largest absolute Gasteiger partial charge is 0.496 e. The first kappa shape index (κ1) is 15.6. The lowest BCUT2D eigenvalue weighted by atomic mass is 10.0. The van der Waals surface area contributed by atoms with Crippen LogP contribution in [-0.4, -0.2) is 18.3 Å².